The van der Waals surface area contributed by atoms with Gasteiger partial charge in [-0.2, -0.15) is 0 Å². The number of hydrogen-bond acceptors (Lipinski definition) is 5. The Morgan fingerprint density at radius 2 is 1.88 bits per heavy atom. The third-order valence-electron chi connectivity index (χ3n) is 2.09. The van der Waals surface area contributed by atoms with Crippen molar-refractivity contribution >= 4 is 10.0 Å². The predicted octanol–water partition coefficient (Wildman–Crippen LogP) is -0.302. The van der Waals surface area contributed by atoms with Crippen LogP contribution in [0.15, 0.2) is 0 Å². The molecular formula is C10H24N2O4S. The Morgan fingerprint density at radius 3 is 2.53 bits per heavy atom. The van der Waals surface area contributed by atoms with Crippen LogP contribution < -0.4 is 10.5 Å². The molecule has 0 bridgehead atoms. The molecule has 0 aromatic carbocycles. The maximum atomic E-state index is 11.3. The summed E-state index contributed by atoms with van der Waals surface area (Å²) < 4.78 is 35.3. The number of ether oxygens (including phenoxy) is 2. The van der Waals surface area contributed by atoms with E-state index in [1.807, 2.05) is 0 Å². The van der Waals surface area contributed by atoms with Crippen molar-refractivity contribution in [1.82, 2.24) is 4.72 Å². The number of nitrogens with one attached hydrogen (secondary N) is 1. The summed E-state index contributed by atoms with van der Waals surface area (Å²) in [6.07, 6.45) is 2.10. The minimum absolute atomic E-state index is 0.105. The zero-order chi connectivity index (χ0) is 13.0. The van der Waals surface area contributed by atoms with Crippen LogP contribution in [0, 0.1) is 0 Å². The van der Waals surface area contributed by atoms with Crippen molar-refractivity contribution in [3.8, 4) is 0 Å². The van der Waals surface area contributed by atoms with Gasteiger partial charge in [-0.25, -0.2) is 13.1 Å². The van der Waals surface area contributed by atoms with E-state index in [0.717, 1.165) is 12.8 Å². The van der Waals surface area contributed by atoms with Crippen molar-refractivity contribution in [2.45, 2.75) is 19.3 Å². The summed E-state index contributed by atoms with van der Waals surface area (Å²) in [5, 5.41) is 0. The first kappa shape index (κ1) is 16.8. The second kappa shape index (κ2) is 10.9. The van der Waals surface area contributed by atoms with Crippen LogP contribution in [-0.2, 0) is 19.5 Å². The van der Waals surface area contributed by atoms with Gasteiger partial charge in [0.15, 0.2) is 0 Å². The summed E-state index contributed by atoms with van der Waals surface area (Å²) in [6.45, 7) is 2.66. The smallest absolute Gasteiger partial charge is 0.211 e. The maximum Gasteiger partial charge on any atom is 0.211 e. The fourth-order valence-corrected chi connectivity index (χ4v) is 2.29. The monoisotopic (exact) mass is 268 g/mol. The summed E-state index contributed by atoms with van der Waals surface area (Å²) in [5.41, 5.74) is 5.25. The fraction of sp³-hybridized carbons (Fsp3) is 1.00. The van der Waals surface area contributed by atoms with Crippen LogP contribution in [0.4, 0.5) is 0 Å². The molecule has 0 radical (unpaired) electrons. The van der Waals surface area contributed by atoms with Crippen molar-refractivity contribution in [3.05, 3.63) is 0 Å². The maximum absolute atomic E-state index is 11.3. The molecule has 0 unspecified atom stereocenters. The quantitative estimate of drug-likeness (QED) is 0.474. The van der Waals surface area contributed by atoms with Gasteiger partial charge in [0.1, 0.15) is 0 Å². The molecule has 0 aliphatic rings. The van der Waals surface area contributed by atoms with Crippen molar-refractivity contribution in [2.24, 2.45) is 5.73 Å². The Morgan fingerprint density at radius 1 is 1.12 bits per heavy atom. The molecule has 0 aliphatic carbocycles. The Hall–Kier alpha value is -0.210. The van der Waals surface area contributed by atoms with Crippen LogP contribution in [0.3, 0.4) is 0 Å². The molecule has 0 saturated heterocycles. The average Bonchev–Trinajstić information content (AvgIpc) is 2.30. The third-order valence-corrected chi connectivity index (χ3v) is 3.56. The number of methoxy groups -OCH3 is 1. The topological polar surface area (TPSA) is 90.6 Å². The molecule has 7 heteroatoms. The lowest BCUT2D eigenvalue weighted by Gasteiger charge is -2.06. The number of rotatable bonds is 12. The summed E-state index contributed by atoms with van der Waals surface area (Å²) in [5.74, 6) is 0.105. The van der Waals surface area contributed by atoms with E-state index in [9.17, 15) is 8.42 Å². The standard InChI is InChI=1S/C10H24N2O4S/c1-15-8-9-16-7-3-2-6-12-17(13,14)10-4-5-11/h12H,2-11H2,1H3. The molecule has 104 valence electrons. The summed E-state index contributed by atoms with van der Waals surface area (Å²) in [7, 11) is -1.51. The number of hydrogen-bond donors (Lipinski definition) is 2. The molecule has 3 N–H and O–H groups in total. The first-order valence-electron chi connectivity index (χ1n) is 5.86. The summed E-state index contributed by atoms with van der Waals surface area (Å²) in [6, 6.07) is 0. The molecule has 0 aliphatic heterocycles. The first-order valence-corrected chi connectivity index (χ1v) is 7.51. The lowest BCUT2D eigenvalue weighted by molar-refractivity contribution is 0.0689. The molecule has 0 amide bonds. The molecule has 0 heterocycles. The van der Waals surface area contributed by atoms with Gasteiger partial charge in [-0.05, 0) is 25.8 Å². The second-order valence-electron chi connectivity index (χ2n) is 3.67. The molecular weight excluding hydrogens is 244 g/mol. The van der Waals surface area contributed by atoms with E-state index >= 15 is 0 Å². The number of sulfonamides is 1. The Labute approximate surface area is 104 Å². The molecule has 0 spiro atoms. The number of nitrogens with two attached hydrogens (primary N) is 1. The van der Waals surface area contributed by atoms with Gasteiger partial charge >= 0.3 is 0 Å². The van der Waals surface area contributed by atoms with Gasteiger partial charge in [-0.1, -0.05) is 0 Å². The fourth-order valence-electron chi connectivity index (χ4n) is 1.15. The van der Waals surface area contributed by atoms with Gasteiger partial charge in [0, 0.05) is 20.3 Å². The highest BCUT2D eigenvalue weighted by molar-refractivity contribution is 7.89. The van der Waals surface area contributed by atoms with Crippen LogP contribution >= 0.6 is 0 Å². The highest BCUT2D eigenvalue weighted by atomic mass is 32.2. The number of unbranched alkanes of at least 4 members (excludes halogenated alkanes) is 1. The van der Waals surface area contributed by atoms with E-state index in [1.54, 1.807) is 7.11 Å². The Kier molecular flexibility index (Phi) is 10.8. The molecule has 6 nitrogen and oxygen atoms in total. The van der Waals surface area contributed by atoms with E-state index in [-0.39, 0.29) is 5.75 Å². The molecule has 0 saturated carbocycles. The zero-order valence-corrected chi connectivity index (χ0v) is 11.3. The SMILES string of the molecule is COCCOCCCCNS(=O)(=O)CCCN. The van der Waals surface area contributed by atoms with Gasteiger partial charge < -0.3 is 15.2 Å². The highest BCUT2D eigenvalue weighted by Gasteiger charge is 2.07. The van der Waals surface area contributed by atoms with Gasteiger partial charge in [0.25, 0.3) is 0 Å². The van der Waals surface area contributed by atoms with Crippen LogP contribution in [0.5, 0.6) is 0 Å². The lowest BCUT2D eigenvalue weighted by atomic mass is 10.3. The third kappa shape index (κ3) is 12.0. The van der Waals surface area contributed by atoms with Crippen molar-refractivity contribution in [2.75, 3.05) is 45.8 Å². The average molecular weight is 268 g/mol. The normalized spacial score (nSPS) is 11.9. The van der Waals surface area contributed by atoms with Gasteiger partial charge in [-0.15, -0.1) is 0 Å². The minimum atomic E-state index is -3.14. The van der Waals surface area contributed by atoms with E-state index in [0.29, 0.717) is 39.3 Å². The zero-order valence-electron chi connectivity index (χ0n) is 10.5. The summed E-state index contributed by atoms with van der Waals surface area (Å²) >= 11 is 0. The van der Waals surface area contributed by atoms with E-state index in [2.05, 4.69) is 4.72 Å². The Balaban J connectivity index is 3.32. The van der Waals surface area contributed by atoms with Crippen molar-refractivity contribution < 1.29 is 17.9 Å². The van der Waals surface area contributed by atoms with Crippen molar-refractivity contribution in [1.29, 1.82) is 0 Å². The predicted molar refractivity (Wildman–Crippen MR) is 67.4 cm³/mol. The van der Waals surface area contributed by atoms with E-state index < -0.39 is 10.0 Å². The van der Waals surface area contributed by atoms with Crippen LogP contribution in [-0.4, -0.2) is 54.2 Å². The molecule has 17 heavy (non-hydrogen) atoms. The molecule has 0 aromatic rings. The largest absolute Gasteiger partial charge is 0.382 e. The van der Waals surface area contributed by atoms with Gasteiger partial charge in [0.2, 0.25) is 10.0 Å². The second-order valence-corrected chi connectivity index (χ2v) is 5.59. The molecule has 0 rings (SSSR count). The summed E-state index contributed by atoms with van der Waals surface area (Å²) in [4.78, 5) is 0. The van der Waals surface area contributed by atoms with Gasteiger partial charge in [0.05, 0.1) is 19.0 Å². The molecule has 0 aromatic heterocycles. The van der Waals surface area contributed by atoms with Gasteiger partial charge in [-0.3, -0.25) is 0 Å². The highest BCUT2D eigenvalue weighted by Crippen LogP contribution is 1.92. The van der Waals surface area contributed by atoms with Crippen LogP contribution in [0.2, 0.25) is 0 Å². The van der Waals surface area contributed by atoms with Crippen LogP contribution in [0.25, 0.3) is 0 Å². The van der Waals surface area contributed by atoms with E-state index in [4.69, 9.17) is 15.2 Å². The lowest BCUT2D eigenvalue weighted by Crippen LogP contribution is -2.28. The minimum Gasteiger partial charge on any atom is -0.382 e. The van der Waals surface area contributed by atoms with E-state index in [1.165, 1.54) is 0 Å². The molecule has 0 fully saturated rings. The Bertz CT molecular complexity index is 257. The first-order chi connectivity index (χ1) is 8.12. The molecule has 0 atom stereocenters. The van der Waals surface area contributed by atoms with Crippen LogP contribution in [0.1, 0.15) is 19.3 Å². The van der Waals surface area contributed by atoms with Crippen molar-refractivity contribution in [3.63, 3.8) is 0 Å².